The van der Waals surface area contributed by atoms with Gasteiger partial charge in [0.2, 0.25) is 0 Å². The summed E-state index contributed by atoms with van der Waals surface area (Å²) in [5.41, 5.74) is 2.91. The number of ether oxygens (including phenoxy) is 2. The van der Waals surface area contributed by atoms with E-state index >= 15 is 0 Å². The van der Waals surface area contributed by atoms with Crippen LogP contribution in [-0.2, 0) is 9.53 Å². The van der Waals surface area contributed by atoms with Crippen molar-refractivity contribution in [3.8, 4) is 5.75 Å². The average Bonchev–Trinajstić information content (AvgIpc) is 3.37. The topological polar surface area (TPSA) is 139 Å². The maximum absolute atomic E-state index is 14.4. The molecule has 0 aliphatic carbocycles. The van der Waals surface area contributed by atoms with Crippen molar-refractivity contribution in [2.45, 2.75) is 56.6 Å². The SMILES string of the molecule is CCCC1=C(C(=O)OCC)[C@@H](c2c(OC)ccc3ccccc23)n2c(s/c(=C/c3ccc(Sc4nc(C)cc(C)n4)c([N+](=O)[O-])c3)c2=O)=N1. The molecule has 5 aromatic rings. The number of hydrogen-bond acceptors (Lipinski definition) is 11. The van der Waals surface area contributed by atoms with Crippen LogP contribution in [0.15, 0.2) is 91.8 Å². The number of fused-ring (bicyclic) bond motifs is 2. The fourth-order valence-corrected chi connectivity index (χ4v) is 7.94. The smallest absolute Gasteiger partial charge is 0.338 e. The Kier molecular flexibility index (Phi) is 9.74. The molecule has 0 N–H and O–H groups in total. The minimum absolute atomic E-state index is 0.137. The van der Waals surface area contributed by atoms with Crippen LogP contribution >= 0.6 is 23.1 Å². The summed E-state index contributed by atoms with van der Waals surface area (Å²) in [4.78, 5) is 54.3. The standard InChI is InChI=1S/C36H33N5O6S2/c1-6-10-25-31(34(43)47-7-2)32(30-24-12-9-8-11-23(24)14-15-27(30)46-5)40-33(42)29(49-36(40)39-25)19-22-13-16-28(26(18-22)41(44)45)48-35-37-20(3)17-21(4)38-35/h8-9,11-19,32H,6-7,10H2,1-5H3/b29-19+/t32-/m1/s1. The Balaban J connectivity index is 1.56. The highest BCUT2D eigenvalue weighted by molar-refractivity contribution is 7.99. The van der Waals surface area contributed by atoms with E-state index in [2.05, 4.69) is 9.97 Å². The summed E-state index contributed by atoms with van der Waals surface area (Å²) in [6, 6.07) is 17.2. The second kappa shape index (κ2) is 14.1. The summed E-state index contributed by atoms with van der Waals surface area (Å²) in [6.45, 7) is 7.56. The molecular weight excluding hydrogens is 663 g/mol. The van der Waals surface area contributed by atoms with Crippen molar-refractivity contribution in [3.05, 3.63) is 124 Å². The zero-order valence-corrected chi connectivity index (χ0v) is 29.2. The van der Waals surface area contributed by atoms with Gasteiger partial charge in [-0.2, -0.15) is 0 Å². The third-order valence-corrected chi connectivity index (χ3v) is 9.87. The second-order valence-corrected chi connectivity index (χ2v) is 13.4. The van der Waals surface area contributed by atoms with Crippen LogP contribution in [0.25, 0.3) is 16.8 Å². The molecule has 3 aromatic carbocycles. The molecule has 250 valence electrons. The van der Waals surface area contributed by atoms with E-state index in [0.29, 0.717) is 54.8 Å². The van der Waals surface area contributed by atoms with Crippen LogP contribution in [0, 0.1) is 24.0 Å². The molecule has 1 atom stereocenters. The fraction of sp³-hybridized carbons (Fsp3) is 0.250. The highest BCUT2D eigenvalue weighted by Gasteiger charge is 2.37. The number of nitro benzene ring substituents is 1. The summed E-state index contributed by atoms with van der Waals surface area (Å²) in [6.07, 6.45) is 2.80. The first-order valence-corrected chi connectivity index (χ1v) is 17.3. The number of carbonyl (C=O) groups excluding carboxylic acids is 1. The first-order valence-electron chi connectivity index (χ1n) is 15.7. The first-order chi connectivity index (χ1) is 23.6. The van der Waals surface area contributed by atoms with Gasteiger partial charge in [0, 0.05) is 23.0 Å². The highest BCUT2D eigenvalue weighted by atomic mass is 32.2. The predicted octanol–water partition coefficient (Wildman–Crippen LogP) is 6.21. The Morgan fingerprint density at radius 3 is 2.53 bits per heavy atom. The van der Waals surface area contributed by atoms with Gasteiger partial charge in [-0.25, -0.2) is 19.8 Å². The molecule has 0 fully saturated rings. The van der Waals surface area contributed by atoms with E-state index in [4.69, 9.17) is 14.5 Å². The number of nitrogens with zero attached hydrogens (tertiary/aromatic N) is 5. The predicted molar refractivity (Wildman–Crippen MR) is 189 cm³/mol. The van der Waals surface area contributed by atoms with Gasteiger partial charge in [0.25, 0.3) is 11.2 Å². The number of carbonyl (C=O) groups is 1. The van der Waals surface area contributed by atoms with Crippen LogP contribution in [0.5, 0.6) is 5.75 Å². The number of thiazole rings is 1. The summed E-state index contributed by atoms with van der Waals surface area (Å²) in [5, 5.41) is 14.3. The molecule has 0 bridgehead atoms. The van der Waals surface area contributed by atoms with E-state index in [1.807, 2.05) is 63.2 Å². The average molecular weight is 696 g/mol. The molecule has 0 saturated heterocycles. The summed E-state index contributed by atoms with van der Waals surface area (Å²) in [7, 11) is 1.55. The minimum Gasteiger partial charge on any atom is -0.496 e. The number of allylic oxidation sites excluding steroid dienone is 1. The number of benzene rings is 3. The molecule has 0 spiro atoms. The van der Waals surface area contributed by atoms with Gasteiger partial charge in [0.15, 0.2) is 9.96 Å². The van der Waals surface area contributed by atoms with Gasteiger partial charge < -0.3 is 9.47 Å². The molecule has 1 aliphatic rings. The molecule has 49 heavy (non-hydrogen) atoms. The number of nitro groups is 1. The lowest BCUT2D eigenvalue weighted by Gasteiger charge is -2.28. The molecule has 6 rings (SSSR count). The number of hydrogen-bond donors (Lipinski definition) is 0. The van der Waals surface area contributed by atoms with E-state index in [1.54, 1.807) is 32.2 Å². The zero-order chi connectivity index (χ0) is 34.8. The third kappa shape index (κ3) is 6.63. The van der Waals surface area contributed by atoms with Gasteiger partial charge >= 0.3 is 5.97 Å². The van der Waals surface area contributed by atoms with Crippen molar-refractivity contribution in [1.82, 2.24) is 14.5 Å². The van der Waals surface area contributed by atoms with E-state index in [0.717, 1.165) is 45.3 Å². The summed E-state index contributed by atoms with van der Waals surface area (Å²) >= 11 is 2.27. The van der Waals surface area contributed by atoms with Gasteiger partial charge in [-0.15, -0.1) is 0 Å². The number of aryl methyl sites for hydroxylation is 2. The molecule has 0 radical (unpaired) electrons. The van der Waals surface area contributed by atoms with Crippen molar-refractivity contribution in [2.24, 2.45) is 4.99 Å². The van der Waals surface area contributed by atoms with E-state index < -0.39 is 22.5 Å². The molecule has 13 heteroatoms. The Morgan fingerprint density at radius 1 is 1.08 bits per heavy atom. The molecule has 11 nitrogen and oxygen atoms in total. The molecule has 0 saturated carbocycles. The normalized spacial score (nSPS) is 14.5. The molecule has 2 aromatic heterocycles. The number of aromatic nitrogens is 3. The van der Waals surface area contributed by atoms with Crippen molar-refractivity contribution < 1.29 is 19.2 Å². The molecule has 0 amide bonds. The Hall–Kier alpha value is -5.14. The van der Waals surface area contributed by atoms with E-state index in [9.17, 15) is 19.7 Å². The van der Waals surface area contributed by atoms with Gasteiger partial charge in [-0.05, 0) is 79.6 Å². The lowest BCUT2D eigenvalue weighted by Crippen LogP contribution is -2.40. The van der Waals surface area contributed by atoms with Gasteiger partial charge in [0.1, 0.15) is 11.8 Å². The van der Waals surface area contributed by atoms with Gasteiger partial charge in [-0.3, -0.25) is 19.5 Å². The maximum Gasteiger partial charge on any atom is 0.338 e. The number of rotatable bonds is 10. The Bertz CT molecular complexity index is 2330. The maximum atomic E-state index is 14.4. The Labute approximate surface area is 289 Å². The van der Waals surface area contributed by atoms with Crippen LogP contribution < -0.4 is 19.6 Å². The lowest BCUT2D eigenvalue weighted by atomic mass is 9.90. The van der Waals surface area contributed by atoms with Crippen molar-refractivity contribution >= 4 is 51.6 Å². The summed E-state index contributed by atoms with van der Waals surface area (Å²) < 4.78 is 13.2. The molecule has 1 aliphatic heterocycles. The van der Waals surface area contributed by atoms with Crippen LogP contribution in [0.1, 0.15) is 55.2 Å². The zero-order valence-electron chi connectivity index (χ0n) is 27.6. The van der Waals surface area contributed by atoms with Gasteiger partial charge in [-0.1, -0.05) is 61.1 Å². The minimum atomic E-state index is -0.897. The monoisotopic (exact) mass is 695 g/mol. The van der Waals surface area contributed by atoms with E-state index in [-0.39, 0.29) is 17.9 Å². The largest absolute Gasteiger partial charge is 0.496 e. The summed E-state index contributed by atoms with van der Waals surface area (Å²) in [5.74, 6) is -0.0465. The van der Waals surface area contributed by atoms with Crippen LogP contribution in [0.3, 0.4) is 0 Å². The third-order valence-electron chi connectivity index (χ3n) is 7.96. The first kappa shape index (κ1) is 33.7. The number of methoxy groups -OCH3 is 1. The molecular formula is C36H33N5O6S2. The van der Waals surface area contributed by atoms with Crippen molar-refractivity contribution in [2.75, 3.05) is 13.7 Å². The van der Waals surface area contributed by atoms with Crippen molar-refractivity contribution in [3.63, 3.8) is 0 Å². The molecule has 3 heterocycles. The lowest BCUT2D eigenvalue weighted by molar-refractivity contribution is -0.387. The quantitative estimate of drug-likeness (QED) is 0.0723. The fourth-order valence-electron chi connectivity index (χ4n) is 5.97. The van der Waals surface area contributed by atoms with E-state index in [1.165, 1.54) is 10.6 Å². The van der Waals surface area contributed by atoms with Gasteiger partial charge in [0.05, 0.1) is 39.3 Å². The van der Waals surface area contributed by atoms with Crippen molar-refractivity contribution in [1.29, 1.82) is 0 Å². The Morgan fingerprint density at radius 2 is 1.84 bits per heavy atom. The van der Waals surface area contributed by atoms with Crippen LogP contribution in [-0.4, -0.2) is 39.1 Å². The highest BCUT2D eigenvalue weighted by Crippen LogP contribution is 2.41. The van der Waals surface area contributed by atoms with Crippen LogP contribution in [0.4, 0.5) is 5.69 Å². The number of esters is 1. The molecule has 0 unspecified atom stereocenters. The second-order valence-electron chi connectivity index (χ2n) is 11.3. The van der Waals surface area contributed by atoms with Crippen LogP contribution in [0.2, 0.25) is 0 Å².